The molecule has 1 aliphatic rings. The first-order valence-corrected chi connectivity index (χ1v) is 8.42. The van der Waals surface area contributed by atoms with E-state index in [1.807, 2.05) is 6.92 Å². The average molecular weight is 362 g/mol. The monoisotopic (exact) mass is 361 g/mol. The summed E-state index contributed by atoms with van der Waals surface area (Å²) in [6.45, 7) is 2.25. The van der Waals surface area contributed by atoms with Crippen molar-refractivity contribution >= 4 is 23.5 Å². The number of carboxylic acids is 1. The van der Waals surface area contributed by atoms with E-state index in [4.69, 9.17) is 11.6 Å². The normalized spacial score (nSPS) is 15.7. The van der Waals surface area contributed by atoms with Crippen molar-refractivity contribution in [3.05, 3.63) is 69.5 Å². The molecule has 0 heterocycles. The van der Waals surface area contributed by atoms with Crippen molar-refractivity contribution in [3.8, 4) is 0 Å². The second-order valence-electron chi connectivity index (χ2n) is 5.99. The van der Waals surface area contributed by atoms with Gasteiger partial charge in [0, 0.05) is 6.54 Å². The Morgan fingerprint density at radius 3 is 2.72 bits per heavy atom. The molecule has 1 atom stereocenters. The molecule has 0 bridgehead atoms. The fraction of sp³-hybridized carbons (Fsp3) is 0.263. The van der Waals surface area contributed by atoms with Crippen LogP contribution in [0, 0.1) is 5.82 Å². The Hall–Kier alpha value is -2.40. The summed E-state index contributed by atoms with van der Waals surface area (Å²) < 4.78 is 13.5. The molecule has 1 amide bonds. The fourth-order valence-electron chi connectivity index (χ4n) is 3.36. The number of rotatable bonds is 4. The lowest BCUT2D eigenvalue weighted by Gasteiger charge is -2.29. The van der Waals surface area contributed by atoms with Crippen LogP contribution in [0.1, 0.15) is 51.2 Å². The van der Waals surface area contributed by atoms with Gasteiger partial charge in [0.25, 0.3) is 5.91 Å². The summed E-state index contributed by atoms with van der Waals surface area (Å²) in [7, 11) is 0. The molecule has 130 valence electrons. The Balaban J connectivity index is 1.98. The molecule has 6 heteroatoms. The van der Waals surface area contributed by atoms with E-state index in [0.29, 0.717) is 13.0 Å². The Kier molecular flexibility index (Phi) is 4.77. The summed E-state index contributed by atoms with van der Waals surface area (Å²) in [5.74, 6) is -1.88. The zero-order valence-electron chi connectivity index (χ0n) is 13.6. The molecule has 0 saturated heterocycles. The van der Waals surface area contributed by atoms with Crippen LogP contribution in [-0.2, 0) is 6.42 Å². The molecule has 0 aliphatic heterocycles. The summed E-state index contributed by atoms with van der Waals surface area (Å²) in [6, 6.07) is 8.46. The number of benzene rings is 2. The van der Waals surface area contributed by atoms with Crippen molar-refractivity contribution in [2.24, 2.45) is 0 Å². The SMILES string of the molecule is CCN(C(=O)c1cc(F)ccc1Cl)[C@@H]1CCc2ccc(C(=O)O)cc21. The first-order valence-electron chi connectivity index (χ1n) is 8.04. The maximum atomic E-state index is 13.5. The Morgan fingerprint density at radius 1 is 1.28 bits per heavy atom. The van der Waals surface area contributed by atoms with E-state index in [2.05, 4.69) is 0 Å². The van der Waals surface area contributed by atoms with Crippen molar-refractivity contribution in [3.63, 3.8) is 0 Å². The van der Waals surface area contributed by atoms with Crippen molar-refractivity contribution in [2.45, 2.75) is 25.8 Å². The molecule has 0 spiro atoms. The number of hydrogen-bond acceptors (Lipinski definition) is 2. The molecule has 0 unspecified atom stereocenters. The zero-order chi connectivity index (χ0) is 18.1. The lowest BCUT2D eigenvalue weighted by molar-refractivity contribution is 0.0687. The van der Waals surface area contributed by atoms with Gasteiger partial charge in [-0.15, -0.1) is 0 Å². The zero-order valence-corrected chi connectivity index (χ0v) is 14.4. The van der Waals surface area contributed by atoms with Crippen molar-refractivity contribution in [1.82, 2.24) is 4.90 Å². The summed E-state index contributed by atoms with van der Waals surface area (Å²) in [5.41, 5.74) is 2.18. The molecule has 3 rings (SSSR count). The van der Waals surface area contributed by atoms with Crippen LogP contribution in [0.5, 0.6) is 0 Å². The van der Waals surface area contributed by atoms with Gasteiger partial charge >= 0.3 is 5.97 Å². The van der Waals surface area contributed by atoms with Gasteiger partial charge in [-0.05, 0) is 61.2 Å². The first-order chi connectivity index (χ1) is 11.9. The molecule has 4 nitrogen and oxygen atoms in total. The van der Waals surface area contributed by atoms with Crippen LogP contribution in [0.25, 0.3) is 0 Å². The van der Waals surface area contributed by atoms with Crippen LogP contribution >= 0.6 is 11.6 Å². The molecule has 0 fully saturated rings. The van der Waals surface area contributed by atoms with E-state index in [9.17, 15) is 19.1 Å². The minimum Gasteiger partial charge on any atom is -0.478 e. The smallest absolute Gasteiger partial charge is 0.335 e. The predicted molar refractivity (Wildman–Crippen MR) is 92.6 cm³/mol. The number of aromatic carboxylic acids is 1. The second kappa shape index (κ2) is 6.84. The number of carbonyl (C=O) groups excluding carboxylic acids is 1. The van der Waals surface area contributed by atoms with E-state index in [1.54, 1.807) is 23.1 Å². The van der Waals surface area contributed by atoms with Crippen LogP contribution < -0.4 is 0 Å². The molecule has 0 aromatic heterocycles. The number of halogens is 2. The van der Waals surface area contributed by atoms with Crippen molar-refractivity contribution in [2.75, 3.05) is 6.54 Å². The fourth-order valence-corrected chi connectivity index (χ4v) is 3.56. The van der Waals surface area contributed by atoms with E-state index in [-0.39, 0.29) is 28.1 Å². The molecular weight excluding hydrogens is 345 g/mol. The third kappa shape index (κ3) is 3.24. The highest BCUT2D eigenvalue weighted by molar-refractivity contribution is 6.33. The predicted octanol–water partition coefficient (Wildman–Crippen LogP) is 4.33. The number of amides is 1. The molecule has 0 radical (unpaired) electrons. The van der Waals surface area contributed by atoms with E-state index >= 15 is 0 Å². The third-order valence-corrected chi connectivity index (χ3v) is 4.91. The lowest BCUT2D eigenvalue weighted by Crippen LogP contribution is -2.34. The van der Waals surface area contributed by atoms with Crippen molar-refractivity contribution < 1.29 is 19.1 Å². The van der Waals surface area contributed by atoms with Gasteiger partial charge in [-0.25, -0.2) is 9.18 Å². The Bertz CT molecular complexity index is 853. The summed E-state index contributed by atoms with van der Waals surface area (Å²) in [5, 5.41) is 9.41. The van der Waals surface area contributed by atoms with Crippen LogP contribution in [-0.4, -0.2) is 28.4 Å². The van der Waals surface area contributed by atoms with Gasteiger partial charge in [0.2, 0.25) is 0 Å². The minimum atomic E-state index is -1.00. The molecule has 1 N–H and O–H groups in total. The number of carbonyl (C=O) groups is 2. The molecule has 2 aromatic rings. The topological polar surface area (TPSA) is 57.6 Å². The van der Waals surface area contributed by atoms with Gasteiger partial charge in [-0.1, -0.05) is 17.7 Å². The molecular formula is C19H17ClFNO3. The standard InChI is InChI=1S/C19H17ClFNO3/c1-2-22(18(23)15-10-13(21)6-7-16(15)20)17-8-5-11-3-4-12(19(24)25)9-14(11)17/h3-4,6-7,9-10,17H,2,5,8H2,1H3,(H,24,25)/t17-/m1/s1. The number of hydrogen-bond donors (Lipinski definition) is 1. The number of fused-ring (bicyclic) bond motifs is 1. The highest BCUT2D eigenvalue weighted by atomic mass is 35.5. The highest BCUT2D eigenvalue weighted by Gasteiger charge is 2.32. The first kappa shape index (κ1) is 17.4. The van der Waals surface area contributed by atoms with Crippen LogP contribution in [0.15, 0.2) is 36.4 Å². The van der Waals surface area contributed by atoms with Crippen molar-refractivity contribution in [1.29, 1.82) is 0 Å². The summed E-state index contributed by atoms with van der Waals surface area (Å²) in [6.07, 6.45) is 1.46. The lowest BCUT2D eigenvalue weighted by atomic mass is 10.0. The summed E-state index contributed by atoms with van der Waals surface area (Å²) >= 11 is 6.07. The van der Waals surface area contributed by atoms with Gasteiger partial charge in [0.15, 0.2) is 0 Å². The highest BCUT2D eigenvalue weighted by Crippen LogP contribution is 2.37. The van der Waals surface area contributed by atoms with E-state index < -0.39 is 11.8 Å². The number of nitrogens with zero attached hydrogens (tertiary/aromatic N) is 1. The Morgan fingerprint density at radius 2 is 2.04 bits per heavy atom. The molecule has 1 aliphatic carbocycles. The molecule has 25 heavy (non-hydrogen) atoms. The molecule has 0 saturated carbocycles. The van der Waals surface area contributed by atoms with Crippen LogP contribution in [0.2, 0.25) is 5.02 Å². The van der Waals surface area contributed by atoms with E-state index in [1.165, 1.54) is 12.1 Å². The number of aryl methyl sites for hydroxylation is 1. The number of carboxylic acid groups (broad SMARTS) is 1. The maximum absolute atomic E-state index is 13.5. The largest absolute Gasteiger partial charge is 0.478 e. The van der Waals surface area contributed by atoms with Gasteiger partial charge in [0.05, 0.1) is 22.2 Å². The second-order valence-corrected chi connectivity index (χ2v) is 6.40. The Labute approximate surface area is 149 Å². The average Bonchev–Trinajstić information content (AvgIpc) is 3.00. The minimum absolute atomic E-state index is 0.117. The molecule has 2 aromatic carbocycles. The quantitative estimate of drug-likeness (QED) is 0.881. The summed E-state index contributed by atoms with van der Waals surface area (Å²) in [4.78, 5) is 25.8. The van der Waals surface area contributed by atoms with E-state index in [0.717, 1.165) is 23.6 Å². The van der Waals surface area contributed by atoms with Gasteiger partial charge in [-0.3, -0.25) is 4.79 Å². The van der Waals surface area contributed by atoms with Gasteiger partial charge in [0.1, 0.15) is 5.82 Å². The van der Waals surface area contributed by atoms with Gasteiger partial charge in [-0.2, -0.15) is 0 Å². The maximum Gasteiger partial charge on any atom is 0.335 e. The van der Waals surface area contributed by atoms with Crippen LogP contribution in [0.3, 0.4) is 0 Å². The van der Waals surface area contributed by atoms with Gasteiger partial charge < -0.3 is 10.0 Å². The van der Waals surface area contributed by atoms with Crippen LogP contribution in [0.4, 0.5) is 4.39 Å². The third-order valence-electron chi connectivity index (χ3n) is 4.58.